The quantitative estimate of drug-likeness (QED) is 0.191. The summed E-state index contributed by atoms with van der Waals surface area (Å²) in [5.41, 5.74) is 5.02. The lowest BCUT2D eigenvalue weighted by atomic mass is 9.61. The number of nitrogens with zero attached hydrogens (tertiary/aromatic N) is 6. The van der Waals surface area contributed by atoms with E-state index in [0.717, 1.165) is 43.4 Å². The average Bonchev–Trinajstić information content (AvgIpc) is 4.05. The first kappa shape index (κ1) is 36.1. The third kappa shape index (κ3) is 5.11. The lowest BCUT2D eigenvalue weighted by Crippen LogP contribution is -2.36. The van der Waals surface area contributed by atoms with Gasteiger partial charge >= 0.3 is 0 Å². The molecular formula is C42H34N6O2S5. The first-order valence-electron chi connectivity index (χ1n) is 18.8. The summed E-state index contributed by atoms with van der Waals surface area (Å²) < 4.78 is 7.58. The molecule has 0 radical (unpaired) electrons. The monoisotopic (exact) mass is 814 g/mol. The van der Waals surface area contributed by atoms with Gasteiger partial charge in [-0.3, -0.25) is 18.7 Å². The van der Waals surface area contributed by atoms with Gasteiger partial charge in [0.15, 0.2) is 11.1 Å². The van der Waals surface area contributed by atoms with Gasteiger partial charge in [-0.25, -0.2) is 0 Å². The van der Waals surface area contributed by atoms with Crippen LogP contribution in [0, 0.1) is 45.3 Å². The molecule has 13 heteroatoms. The van der Waals surface area contributed by atoms with Crippen molar-refractivity contribution in [2.24, 2.45) is 0 Å². The summed E-state index contributed by atoms with van der Waals surface area (Å²) in [6, 6.07) is 10.1. The van der Waals surface area contributed by atoms with Gasteiger partial charge in [-0.2, -0.15) is 21.0 Å². The molecule has 9 rings (SSSR count). The highest BCUT2D eigenvalue weighted by Crippen LogP contribution is 2.69. The molecule has 0 aromatic carbocycles. The Kier molecular flexibility index (Phi) is 8.89. The molecule has 2 fully saturated rings. The number of nitriles is 4. The van der Waals surface area contributed by atoms with E-state index in [-0.39, 0.29) is 33.1 Å². The predicted octanol–water partition coefficient (Wildman–Crippen LogP) is 7.05. The van der Waals surface area contributed by atoms with Gasteiger partial charge in [-0.1, -0.05) is 38.5 Å². The van der Waals surface area contributed by atoms with Crippen LogP contribution < -0.4 is 29.5 Å². The maximum absolute atomic E-state index is 13.8. The number of thiophene rings is 3. The molecule has 4 aliphatic carbocycles. The van der Waals surface area contributed by atoms with Crippen LogP contribution in [-0.2, 0) is 23.9 Å². The van der Waals surface area contributed by atoms with Crippen molar-refractivity contribution in [3.05, 3.63) is 77.2 Å². The third-order valence-corrected chi connectivity index (χ3v) is 18.0. The van der Waals surface area contributed by atoms with E-state index in [0.29, 0.717) is 31.5 Å². The molecule has 0 bridgehead atoms. The summed E-state index contributed by atoms with van der Waals surface area (Å²) in [6.45, 7) is 4.51. The maximum atomic E-state index is 13.8. The van der Waals surface area contributed by atoms with Crippen LogP contribution in [0.5, 0.6) is 0 Å². The van der Waals surface area contributed by atoms with Crippen molar-refractivity contribution in [1.29, 1.82) is 21.0 Å². The molecule has 0 atom stereocenters. The highest BCUT2D eigenvalue weighted by molar-refractivity contribution is 7.32. The van der Waals surface area contributed by atoms with Gasteiger partial charge in [0.05, 0.1) is 18.6 Å². The molecule has 0 unspecified atom stereocenters. The molecule has 0 saturated heterocycles. The standard InChI is InChI=1S/C42H34N6O2S5/c1-3-47-37(49)29(54-39(47)23(19-43)20-44)16-25-15-27-31(41(25)11-7-5-8-12-41)32-35(52-27)36-33(42(32)13-9-6-10-14-42)34-28(53-36)17-26(51-34)18-30-38(50)48(4-2)40(55-30)24(21-45)22-46/h15-18H,3-14H2,1-2H3/b29-16-,30-18-. The van der Waals surface area contributed by atoms with Crippen LogP contribution in [0.3, 0.4) is 0 Å². The number of hydrogen-bond donors (Lipinski definition) is 0. The second-order valence-electron chi connectivity index (χ2n) is 14.7. The fourth-order valence-corrected chi connectivity index (χ4v) is 16.5. The van der Waals surface area contributed by atoms with Gasteiger partial charge in [0.2, 0.25) is 0 Å². The van der Waals surface area contributed by atoms with Gasteiger partial charge in [0.1, 0.15) is 33.6 Å². The minimum absolute atomic E-state index is 0.0248. The fourth-order valence-electron chi connectivity index (χ4n) is 9.79. The van der Waals surface area contributed by atoms with Crippen molar-refractivity contribution in [2.75, 3.05) is 0 Å². The molecule has 5 aromatic rings. The summed E-state index contributed by atoms with van der Waals surface area (Å²) >= 11 is 8.01. The number of rotatable bonds is 4. The normalized spacial score (nSPS) is 18.1. The number of hydrogen-bond acceptors (Lipinski definition) is 11. The lowest BCUT2D eigenvalue weighted by Gasteiger charge is -2.42. The van der Waals surface area contributed by atoms with Gasteiger partial charge in [0, 0.05) is 48.8 Å². The minimum Gasteiger partial charge on any atom is -0.298 e. The molecule has 0 aliphatic heterocycles. The van der Waals surface area contributed by atoms with Crippen molar-refractivity contribution in [1.82, 2.24) is 9.13 Å². The smallest absolute Gasteiger partial charge is 0.269 e. The molecule has 2 saturated carbocycles. The van der Waals surface area contributed by atoms with Gasteiger partial charge in [-0.05, 0) is 80.5 Å². The van der Waals surface area contributed by atoms with Gasteiger partial charge in [0.25, 0.3) is 11.1 Å². The van der Waals surface area contributed by atoms with Crippen molar-refractivity contribution >= 4 is 95.5 Å². The van der Waals surface area contributed by atoms with Crippen molar-refractivity contribution in [2.45, 2.75) is 102 Å². The van der Waals surface area contributed by atoms with E-state index in [9.17, 15) is 30.6 Å². The molecule has 8 nitrogen and oxygen atoms in total. The molecular weight excluding hydrogens is 781 g/mol. The summed E-state index contributed by atoms with van der Waals surface area (Å²) in [5, 5.41) is 38.4. The predicted molar refractivity (Wildman–Crippen MR) is 224 cm³/mol. The molecule has 55 heavy (non-hydrogen) atoms. The topological polar surface area (TPSA) is 139 Å². The van der Waals surface area contributed by atoms with Crippen LogP contribution >= 0.6 is 56.7 Å². The Morgan fingerprint density at radius 1 is 0.673 bits per heavy atom. The molecule has 2 spiro atoms. The highest BCUT2D eigenvalue weighted by atomic mass is 32.1. The summed E-state index contributed by atoms with van der Waals surface area (Å²) in [4.78, 5) is 32.3. The molecule has 4 aliphatic rings. The Labute approximate surface area is 336 Å². The lowest BCUT2D eigenvalue weighted by molar-refractivity contribution is 0.327. The zero-order valence-electron chi connectivity index (χ0n) is 30.3. The minimum atomic E-state index is -0.187. The van der Waals surface area contributed by atoms with Crippen molar-refractivity contribution < 1.29 is 0 Å². The largest absolute Gasteiger partial charge is 0.298 e. The number of aromatic nitrogens is 2. The second kappa shape index (κ2) is 13.6. The zero-order valence-corrected chi connectivity index (χ0v) is 34.4. The van der Waals surface area contributed by atoms with E-state index >= 15 is 0 Å². The van der Waals surface area contributed by atoms with E-state index in [4.69, 9.17) is 0 Å². The van der Waals surface area contributed by atoms with Crippen LogP contribution in [0.25, 0.3) is 48.5 Å². The Morgan fingerprint density at radius 3 is 1.75 bits per heavy atom. The molecule has 5 aromatic heterocycles. The van der Waals surface area contributed by atoms with Crippen LogP contribution in [0.2, 0.25) is 0 Å². The van der Waals surface area contributed by atoms with Crippen molar-refractivity contribution in [3.8, 4) is 34.0 Å². The average molecular weight is 815 g/mol. The van der Waals surface area contributed by atoms with Crippen molar-refractivity contribution in [3.63, 3.8) is 0 Å². The van der Waals surface area contributed by atoms with E-state index in [1.54, 1.807) is 15.9 Å². The molecule has 274 valence electrons. The summed E-state index contributed by atoms with van der Waals surface area (Å²) in [7, 11) is 0. The summed E-state index contributed by atoms with van der Waals surface area (Å²) in [5.74, 6) is 0. The zero-order chi connectivity index (χ0) is 38.2. The second-order valence-corrected chi connectivity index (χ2v) is 20.0. The first-order valence-corrected chi connectivity index (χ1v) is 22.8. The van der Waals surface area contributed by atoms with Gasteiger partial charge in [-0.15, -0.1) is 56.7 Å². The fraction of sp³-hybridized carbons (Fsp3) is 0.381. The number of thiazole rings is 2. The van der Waals surface area contributed by atoms with Crippen LogP contribution in [0.15, 0.2) is 21.2 Å². The van der Waals surface area contributed by atoms with E-state index in [2.05, 4.69) is 18.2 Å². The molecule has 5 heterocycles. The maximum Gasteiger partial charge on any atom is 0.269 e. The van der Waals surface area contributed by atoms with Crippen LogP contribution in [0.4, 0.5) is 0 Å². The Hall–Kier alpha value is -4.60. The van der Waals surface area contributed by atoms with Gasteiger partial charge < -0.3 is 0 Å². The Bertz CT molecular complexity index is 3040. The first-order chi connectivity index (χ1) is 26.8. The number of fused-ring (bicyclic) bond motifs is 10. The Morgan fingerprint density at radius 2 is 1.20 bits per heavy atom. The molecule has 0 N–H and O–H groups in total. The van der Waals surface area contributed by atoms with Crippen LogP contribution in [0.1, 0.15) is 105 Å². The van der Waals surface area contributed by atoms with E-state index in [1.165, 1.54) is 99.2 Å². The summed E-state index contributed by atoms with van der Waals surface area (Å²) in [6.07, 6.45) is 17.7. The molecule has 0 amide bonds. The third-order valence-electron chi connectivity index (χ3n) is 12.1. The highest BCUT2D eigenvalue weighted by Gasteiger charge is 2.55. The van der Waals surface area contributed by atoms with E-state index < -0.39 is 0 Å². The number of allylic oxidation sites excluding steroid dienone is 1. The SMILES string of the molecule is CCn1c(=C(C#N)C#N)s/c(=C\C2=Cc3sc4c(c3C23CCCCC3)C2(CCCCC2)c2c-4sc3cc(/C=c4\sc(=C(C#N)C#N)n(CC)c4=O)sc23)c1=O. The Balaban J connectivity index is 1.23. The van der Waals surface area contributed by atoms with Crippen LogP contribution in [-0.4, -0.2) is 9.13 Å². The van der Waals surface area contributed by atoms with E-state index in [1.807, 2.05) is 66.9 Å².